The molecule has 0 saturated carbocycles. The van der Waals surface area contributed by atoms with Crippen LogP contribution >= 0.6 is 0 Å². The fourth-order valence-electron chi connectivity index (χ4n) is 2.95. The number of hydrogen-bond donors (Lipinski definition) is 1. The minimum absolute atomic E-state index is 0.0636. The van der Waals surface area contributed by atoms with Crippen LogP contribution in [-0.2, 0) is 6.61 Å². The Labute approximate surface area is 175 Å². The first-order chi connectivity index (χ1) is 14.5. The quantitative estimate of drug-likeness (QED) is 0.548. The normalized spacial score (nSPS) is 10.2. The number of carbonyl (C=O) groups is 2. The second-order valence-corrected chi connectivity index (χ2v) is 6.56. The lowest BCUT2D eigenvalue weighted by Crippen LogP contribution is -2.13. The van der Waals surface area contributed by atoms with E-state index in [1.54, 1.807) is 56.7 Å². The standard InChI is InChI=1S/C24H23NO5/c1-16(26)17-7-6-8-20(14-17)25-24(27)18-11-12-21(28-2)19(13-18)15-30-23-10-5-4-9-22(23)29-3/h4-14H,15H2,1-3H3,(H,25,27). The largest absolute Gasteiger partial charge is 0.496 e. The zero-order valence-corrected chi connectivity index (χ0v) is 17.1. The molecule has 1 N–H and O–H groups in total. The molecule has 6 heteroatoms. The van der Waals surface area contributed by atoms with E-state index < -0.39 is 0 Å². The Kier molecular flexibility index (Phi) is 6.70. The third-order valence-corrected chi connectivity index (χ3v) is 4.52. The number of para-hydroxylation sites is 2. The molecule has 0 aliphatic carbocycles. The van der Waals surface area contributed by atoms with Crippen molar-refractivity contribution in [2.24, 2.45) is 0 Å². The highest BCUT2D eigenvalue weighted by molar-refractivity contribution is 6.05. The van der Waals surface area contributed by atoms with Crippen LogP contribution in [0.15, 0.2) is 66.7 Å². The maximum absolute atomic E-state index is 12.7. The molecule has 0 atom stereocenters. The number of benzene rings is 3. The van der Waals surface area contributed by atoms with Crippen molar-refractivity contribution in [1.82, 2.24) is 0 Å². The van der Waals surface area contributed by atoms with Crippen LogP contribution in [0.2, 0.25) is 0 Å². The summed E-state index contributed by atoms with van der Waals surface area (Å²) < 4.78 is 16.6. The Bertz CT molecular complexity index is 1060. The molecule has 0 radical (unpaired) electrons. The van der Waals surface area contributed by atoms with Crippen LogP contribution in [0.25, 0.3) is 0 Å². The van der Waals surface area contributed by atoms with E-state index >= 15 is 0 Å². The van der Waals surface area contributed by atoms with Gasteiger partial charge in [-0.25, -0.2) is 0 Å². The minimum atomic E-state index is -0.295. The highest BCUT2D eigenvalue weighted by atomic mass is 16.5. The number of nitrogens with one attached hydrogen (secondary N) is 1. The maximum atomic E-state index is 12.7. The second kappa shape index (κ2) is 9.60. The van der Waals surface area contributed by atoms with Crippen LogP contribution in [0.3, 0.4) is 0 Å². The van der Waals surface area contributed by atoms with Crippen LogP contribution in [0, 0.1) is 0 Å². The van der Waals surface area contributed by atoms with Crippen LogP contribution < -0.4 is 19.5 Å². The third-order valence-electron chi connectivity index (χ3n) is 4.52. The molecule has 3 rings (SSSR count). The van der Waals surface area contributed by atoms with E-state index in [1.165, 1.54) is 6.92 Å². The molecule has 0 aliphatic rings. The summed E-state index contributed by atoms with van der Waals surface area (Å²) in [6, 6.07) is 19.3. The smallest absolute Gasteiger partial charge is 0.255 e. The van der Waals surface area contributed by atoms with E-state index in [0.717, 1.165) is 0 Å². The van der Waals surface area contributed by atoms with Crippen molar-refractivity contribution >= 4 is 17.4 Å². The SMILES string of the molecule is COc1ccc(C(=O)Nc2cccc(C(C)=O)c2)cc1COc1ccccc1OC. The summed E-state index contributed by atoms with van der Waals surface area (Å²) in [6.07, 6.45) is 0. The zero-order chi connectivity index (χ0) is 21.5. The highest BCUT2D eigenvalue weighted by Crippen LogP contribution is 2.28. The lowest BCUT2D eigenvalue weighted by Gasteiger charge is -2.14. The summed E-state index contributed by atoms with van der Waals surface area (Å²) in [6.45, 7) is 1.68. The zero-order valence-electron chi connectivity index (χ0n) is 17.1. The van der Waals surface area contributed by atoms with Gasteiger partial charge in [-0.2, -0.15) is 0 Å². The Morgan fingerprint density at radius 3 is 2.23 bits per heavy atom. The average Bonchev–Trinajstić information content (AvgIpc) is 2.77. The van der Waals surface area contributed by atoms with Gasteiger partial charge in [-0.1, -0.05) is 24.3 Å². The van der Waals surface area contributed by atoms with Crippen LogP contribution in [-0.4, -0.2) is 25.9 Å². The first-order valence-corrected chi connectivity index (χ1v) is 9.37. The van der Waals surface area contributed by atoms with Crippen LogP contribution in [0.1, 0.15) is 33.2 Å². The van der Waals surface area contributed by atoms with Gasteiger partial charge in [0.25, 0.3) is 5.91 Å². The van der Waals surface area contributed by atoms with Crippen molar-refractivity contribution in [1.29, 1.82) is 0 Å². The number of ether oxygens (including phenoxy) is 3. The number of Topliss-reactive ketones (excluding diaryl/α,β-unsaturated/α-hetero) is 1. The van der Waals surface area contributed by atoms with Gasteiger partial charge < -0.3 is 19.5 Å². The Hall–Kier alpha value is -3.80. The summed E-state index contributed by atoms with van der Waals surface area (Å²) in [5, 5.41) is 2.82. The van der Waals surface area contributed by atoms with E-state index in [2.05, 4.69) is 5.32 Å². The number of ketones is 1. The van der Waals surface area contributed by atoms with Gasteiger partial charge in [-0.15, -0.1) is 0 Å². The van der Waals surface area contributed by atoms with Crippen molar-refractivity contribution in [3.05, 3.63) is 83.4 Å². The highest BCUT2D eigenvalue weighted by Gasteiger charge is 2.13. The molecule has 3 aromatic carbocycles. The van der Waals surface area contributed by atoms with Gasteiger partial charge in [-0.05, 0) is 49.4 Å². The first kappa shape index (κ1) is 20.9. The number of methoxy groups -OCH3 is 2. The minimum Gasteiger partial charge on any atom is -0.496 e. The average molecular weight is 405 g/mol. The summed E-state index contributed by atoms with van der Waals surface area (Å²) in [5.41, 5.74) is 2.25. The van der Waals surface area contributed by atoms with Gasteiger partial charge >= 0.3 is 0 Å². The second-order valence-electron chi connectivity index (χ2n) is 6.56. The van der Waals surface area contributed by atoms with E-state index in [9.17, 15) is 9.59 Å². The molecular weight excluding hydrogens is 382 g/mol. The molecule has 0 spiro atoms. The molecule has 0 saturated heterocycles. The Morgan fingerprint density at radius 2 is 1.53 bits per heavy atom. The lowest BCUT2D eigenvalue weighted by atomic mass is 10.1. The number of rotatable bonds is 8. The molecule has 0 aromatic heterocycles. The summed E-state index contributed by atoms with van der Waals surface area (Å²) in [7, 11) is 3.14. The molecular formula is C24H23NO5. The number of hydrogen-bond acceptors (Lipinski definition) is 5. The van der Waals surface area contributed by atoms with Crippen LogP contribution in [0.4, 0.5) is 5.69 Å². The molecule has 30 heavy (non-hydrogen) atoms. The summed E-state index contributed by atoms with van der Waals surface area (Å²) >= 11 is 0. The van der Waals surface area contributed by atoms with Gasteiger partial charge in [0, 0.05) is 22.4 Å². The van der Waals surface area contributed by atoms with Gasteiger partial charge in [0.1, 0.15) is 12.4 Å². The molecule has 154 valence electrons. The van der Waals surface area contributed by atoms with Gasteiger partial charge in [0.2, 0.25) is 0 Å². The molecule has 1 amide bonds. The number of amides is 1. The number of carbonyl (C=O) groups excluding carboxylic acids is 2. The molecule has 0 heterocycles. The van der Waals surface area contributed by atoms with E-state index in [1.807, 2.05) is 24.3 Å². The van der Waals surface area contributed by atoms with E-state index in [-0.39, 0.29) is 18.3 Å². The molecule has 3 aromatic rings. The predicted molar refractivity (Wildman–Crippen MR) is 115 cm³/mol. The fourth-order valence-corrected chi connectivity index (χ4v) is 2.95. The van der Waals surface area contributed by atoms with Crippen molar-refractivity contribution in [3.8, 4) is 17.2 Å². The third kappa shape index (κ3) is 4.97. The van der Waals surface area contributed by atoms with Crippen molar-refractivity contribution < 1.29 is 23.8 Å². The summed E-state index contributed by atoms with van der Waals surface area (Å²) in [4.78, 5) is 24.3. The van der Waals surface area contributed by atoms with Crippen molar-refractivity contribution in [3.63, 3.8) is 0 Å². The van der Waals surface area contributed by atoms with Crippen LogP contribution in [0.5, 0.6) is 17.2 Å². The van der Waals surface area contributed by atoms with E-state index in [0.29, 0.717) is 39.6 Å². The predicted octanol–water partition coefficient (Wildman–Crippen LogP) is 4.74. The summed E-state index contributed by atoms with van der Waals surface area (Å²) in [5.74, 6) is 1.47. The van der Waals surface area contributed by atoms with Crippen molar-refractivity contribution in [2.45, 2.75) is 13.5 Å². The van der Waals surface area contributed by atoms with Crippen molar-refractivity contribution in [2.75, 3.05) is 19.5 Å². The Balaban J connectivity index is 1.78. The number of anilines is 1. The monoisotopic (exact) mass is 405 g/mol. The molecule has 0 bridgehead atoms. The molecule has 0 aliphatic heterocycles. The lowest BCUT2D eigenvalue weighted by molar-refractivity contribution is 0.101. The first-order valence-electron chi connectivity index (χ1n) is 9.37. The topological polar surface area (TPSA) is 73.9 Å². The Morgan fingerprint density at radius 1 is 0.800 bits per heavy atom. The molecule has 6 nitrogen and oxygen atoms in total. The maximum Gasteiger partial charge on any atom is 0.255 e. The fraction of sp³-hybridized carbons (Fsp3) is 0.167. The van der Waals surface area contributed by atoms with Gasteiger partial charge in [-0.3, -0.25) is 9.59 Å². The molecule has 0 unspecified atom stereocenters. The molecule has 0 fully saturated rings. The van der Waals surface area contributed by atoms with Gasteiger partial charge in [0.05, 0.1) is 14.2 Å². The van der Waals surface area contributed by atoms with E-state index in [4.69, 9.17) is 14.2 Å². The van der Waals surface area contributed by atoms with Gasteiger partial charge in [0.15, 0.2) is 17.3 Å².